The molecule has 1 unspecified atom stereocenters. The van der Waals surface area contributed by atoms with Crippen LogP contribution in [0.3, 0.4) is 0 Å². The molecule has 1 heterocycles. The van der Waals surface area contributed by atoms with Gasteiger partial charge in [0.2, 0.25) is 5.91 Å². The van der Waals surface area contributed by atoms with Gasteiger partial charge in [-0.2, -0.15) is 0 Å². The Morgan fingerprint density at radius 1 is 1.10 bits per heavy atom. The summed E-state index contributed by atoms with van der Waals surface area (Å²) in [4.78, 5) is 15.9. The van der Waals surface area contributed by atoms with Crippen molar-refractivity contribution in [1.82, 2.24) is 14.5 Å². The molecule has 2 aliphatic carbocycles. The molecular formula is C32H39N5OS. The van der Waals surface area contributed by atoms with Crippen molar-refractivity contribution in [2.24, 2.45) is 0 Å². The molecule has 7 heteroatoms. The highest BCUT2D eigenvalue weighted by atomic mass is 32.2. The number of benzene rings is 2. The fourth-order valence-electron chi connectivity index (χ4n) is 6.23. The highest BCUT2D eigenvalue weighted by Crippen LogP contribution is 2.43. The van der Waals surface area contributed by atoms with E-state index in [1.54, 1.807) is 18.0 Å². The number of carbonyl (C=O) groups is 1. The minimum Gasteiger partial charge on any atom is -0.353 e. The summed E-state index contributed by atoms with van der Waals surface area (Å²) >= 11 is 1.58. The maximum absolute atomic E-state index is 12.5. The van der Waals surface area contributed by atoms with Gasteiger partial charge in [-0.05, 0) is 86.5 Å². The van der Waals surface area contributed by atoms with Gasteiger partial charge in [-0.3, -0.25) is 15.6 Å². The molecule has 1 amide bonds. The van der Waals surface area contributed by atoms with Crippen molar-refractivity contribution in [3.8, 4) is 0 Å². The van der Waals surface area contributed by atoms with Crippen LogP contribution in [0.25, 0.3) is 0 Å². The van der Waals surface area contributed by atoms with Crippen LogP contribution in [0.4, 0.5) is 0 Å². The molecule has 39 heavy (non-hydrogen) atoms. The van der Waals surface area contributed by atoms with Crippen LogP contribution in [0, 0.1) is 10.8 Å². The molecule has 1 aliphatic heterocycles. The van der Waals surface area contributed by atoms with Crippen LogP contribution in [0.5, 0.6) is 0 Å². The summed E-state index contributed by atoms with van der Waals surface area (Å²) in [6, 6.07) is 19.1. The van der Waals surface area contributed by atoms with Gasteiger partial charge in [0, 0.05) is 31.1 Å². The Bertz CT molecular complexity index is 1260. The second-order valence-corrected chi connectivity index (χ2v) is 12.3. The minimum absolute atomic E-state index is 0.0693. The maximum Gasteiger partial charge on any atom is 0.224 e. The van der Waals surface area contributed by atoms with Gasteiger partial charge >= 0.3 is 0 Å². The van der Waals surface area contributed by atoms with E-state index in [1.165, 1.54) is 11.1 Å². The molecule has 1 saturated heterocycles. The first-order chi connectivity index (χ1) is 18.9. The first-order valence-corrected chi connectivity index (χ1v) is 14.8. The minimum atomic E-state index is 0.0693. The lowest BCUT2D eigenvalue weighted by Gasteiger charge is -2.38. The number of likely N-dealkylation sites (N-methyl/N-ethyl adjacent to an activating group) is 1. The monoisotopic (exact) mass is 541 g/mol. The summed E-state index contributed by atoms with van der Waals surface area (Å²) in [5.74, 6) is 0.119. The summed E-state index contributed by atoms with van der Waals surface area (Å²) in [6.45, 7) is 3.97. The Morgan fingerprint density at radius 2 is 1.85 bits per heavy atom. The van der Waals surface area contributed by atoms with Crippen LogP contribution in [0.1, 0.15) is 42.4 Å². The number of nitrogens with zero attached hydrogens (tertiary/aromatic N) is 2. The van der Waals surface area contributed by atoms with E-state index in [2.05, 4.69) is 45.8 Å². The molecule has 0 saturated carbocycles. The topological polar surface area (TPSA) is 83.3 Å². The predicted molar refractivity (Wildman–Crippen MR) is 162 cm³/mol. The second-order valence-electron chi connectivity index (χ2n) is 11.1. The molecule has 1 atom stereocenters. The largest absolute Gasteiger partial charge is 0.353 e. The van der Waals surface area contributed by atoms with E-state index < -0.39 is 0 Å². The molecule has 0 bridgehead atoms. The number of fused-ring (bicyclic) bond motifs is 1. The number of rotatable bonds is 10. The molecular weight excluding hydrogens is 502 g/mol. The molecule has 3 N–H and O–H groups in total. The SMILES string of the molecule is CN(CC1(CCN2CCC(NC(=O)Cc3ccccc3)CC2)CCc2ccccc21)SC1=CC=CC(=N)C1=N. The molecule has 2 aromatic rings. The van der Waals surface area contributed by atoms with E-state index in [0.717, 1.165) is 68.8 Å². The Labute approximate surface area is 236 Å². The quantitative estimate of drug-likeness (QED) is 0.287. The van der Waals surface area contributed by atoms with E-state index in [4.69, 9.17) is 10.8 Å². The van der Waals surface area contributed by atoms with Crippen molar-refractivity contribution in [1.29, 1.82) is 10.8 Å². The Morgan fingerprint density at radius 3 is 2.64 bits per heavy atom. The van der Waals surface area contributed by atoms with Gasteiger partial charge in [0.25, 0.3) is 0 Å². The fraction of sp³-hybridized carbons (Fsp3) is 0.406. The summed E-state index contributed by atoms with van der Waals surface area (Å²) in [5, 5.41) is 19.6. The molecule has 3 aliphatic rings. The van der Waals surface area contributed by atoms with Gasteiger partial charge < -0.3 is 10.2 Å². The molecule has 2 aromatic carbocycles. The predicted octanol–water partition coefficient (Wildman–Crippen LogP) is 5.16. The van der Waals surface area contributed by atoms with Crippen molar-refractivity contribution in [3.05, 3.63) is 94.4 Å². The van der Waals surface area contributed by atoms with Gasteiger partial charge in [-0.1, -0.05) is 60.7 Å². The van der Waals surface area contributed by atoms with Crippen molar-refractivity contribution in [3.63, 3.8) is 0 Å². The molecule has 0 aromatic heterocycles. The van der Waals surface area contributed by atoms with Crippen LogP contribution < -0.4 is 5.32 Å². The third kappa shape index (κ3) is 6.78. The van der Waals surface area contributed by atoms with Crippen LogP contribution in [-0.4, -0.2) is 65.8 Å². The summed E-state index contributed by atoms with van der Waals surface area (Å²) in [5.41, 5.74) is 4.64. The lowest BCUT2D eigenvalue weighted by atomic mass is 9.78. The van der Waals surface area contributed by atoms with Crippen LogP contribution in [-0.2, 0) is 23.1 Å². The number of allylic oxidation sites excluding steroid dienone is 4. The summed E-state index contributed by atoms with van der Waals surface area (Å²) in [7, 11) is 2.12. The van der Waals surface area contributed by atoms with Gasteiger partial charge in [0.1, 0.15) is 0 Å². The highest BCUT2D eigenvalue weighted by Gasteiger charge is 2.40. The zero-order valence-corrected chi connectivity index (χ0v) is 23.6. The zero-order chi connectivity index (χ0) is 27.2. The first kappa shape index (κ1) is 27.6. The second kappa shape index (κ2) is 12.5. The molecule has 0 spiro atoms. The van der Waals surface area contributed by atoms with Crippen molar-refractivity contribution in [2.45, 2.75) is 50.0 Å². The number of piperidine rings is 1. The standard InChI is InChI=1S/C32H39N5OS/c1-36(39-29-13-7-12-28(33)31(29)34)23-32(17-14-25-10-5-6-11-27(25)32)18-21-37-19-15-26(16-20-37)35-30(38)22-24-8-3-2-4-9-24/h2-13,26,33-34H,14-23H2,1H3,(H,35,38). The van der Waals surface area contributed by atoms with Crippen molar-refractivity contribution < 1.29 is 4.79 Å². The highest BCUT2D eigenvalue weighted by molar-refractivity contribution is 8.02. The number of nitrogens with one attached hydrogen (secondary N) is 3. The summed E-state index contributed by atoms with van der Waals surface area (Å²) in [6.07, 6.45) is 11.3. The van der Waals surface area contributed by atoms with Gasteiger partial charge in [-0.15, -0.1) is 0 Å². The van der Waals surface area contributed by atoms with Crippen LogP contribution >= 0.6 is 11.9 Å². The molecule has 6 nitrogen and oxygen atoms in total. The Kier molecular flexibility index (Phi) is 8.80. The molecule has 5 rings (SSSR count). The fourth-order valence-corrected chi connectivity index (χ4v) is 7.22. The average molecular weight is 542 g/mol. The van der Waals surface area contributed by atoms with Crippen molar-refractivity contribution in [2.75, 3.05) is 33.2 Å². The number of hydrogen-bond donors (Lipinski definition) is 3. The van der Waals surface area contributed by atoms with E-state index in [1.807, 2.05) is 42.5 Å². The molecule has 1 fully saturated rings. The zero-order valence-electron chi connectivity index (χ0n) is 22.8. The van der Waals surface area contributed by atoms with Gasteiger partial charge in [-0.25, -0.2) is 4.31 Å². The Hall–Kier alpha value is -3.00. The number of hydrogen-bond acceptors (Lipinski definition) is 6. The maximum atomic E-state index is 12.5. The van der Waals surface area contributed by atoms with E-state index in [0.29, 0.717) is 12.1 Å². The Balaban J connectivity index is 1.17. The number of carbonyl (C=O) groups excluding carboxylic acids is 1. The number of aryl methyl sites for hydroxylation is 1. The molecule has 0 radical (unpaired) electrons. The van der Waals surface area contributed by atoms with Crippen LogP contribution in [0.15, 0.2) is 77.7 Å². The average Bonchev–Trinajstić information content (AvgIpc) is 3.30. The number of amides is 1. The van der Waals surface area contributed by atoms with Gasteiger partial charge in [0.15, 0.2) is 0 Å². The van der Waals surface area contributed by atoms with E-state index in [9.17, 15) is 4.79 Å². The summed E-state index contributed by atoms with van der Waals surface area (Å²) < 4.78 is 2.27. The van der Waals surface area contributed by atoms with Crippen molar-refractivity contribution >= 4 is 29.3 Å². The van der Waals surface area contributed by atoms with Gasteiger partial charge in [0.05, 0.1) is 22.7 Å². The third-order valence-corrected chi connectivity index (χ3v) is 9.31. The lowest BCUT2D eigenvalue weighted by Crippen LogP contribution is -2.46. The van der Waals surface area contributed by atoms with Crippen LogP contribution in [0.2, 0.25) is 0 Å². The normalized spacial score (nSPS) is 21.7. The third-order valence-electron chi connectivity index (χ3n) is 8.33. The lowest BCUT2D eigenvalue weighted by molar-refractivity contribution is -0.121. The van der Waals surface area contributed by atoms with E-state index >= 15 is 0 Å². The number of likely N-dealkylation sites (tertiary alicyclic amines) is 1. The smallest absolute Gasteiger partial charge is 0.224 e. The van der Waals surface area contributed by atoms with E-state index in [-0.39, 0.29) is 23.1 Å². The molecule has 204 valence electrons. The first-order valence-electron chi connectivity index (χ1n) is 14.0.